The Morgan fingerprint density at radius 1 is 1.04 bits per heavy atom. The van der Waals surface area contributed by atoms with Gasteiger partial charge in [0, 0.05) is 14.4 Å². The first-order chi connectivity index (χ1) is 13.3. The Kier molecular flexibility index (Phi) is 4.94. The predicted octanol–water partition coefficient (Wildman–Crippen LogP) is 8.28. The number of allylic oxidation sites excluding steroid dienone is 8. The molecule has 0 bridgehead atoms. The summed E-state index contributed by atoms with van der Waals surface area (Å²) in [5, 5.41) is 2.75. The van der Waals surface area contributed by atoms with Crippen molar-refractivity contribution >= 4 is 33.4 Å². The van der Waals surface area contributed by atoms with E-state index in [0.29, 0.717) is 0 Å². The second-order valence-electron chi connectivity index (χ2n) is 8.91. The second-order valence-corrected chi connectivity index (χ2v) is 10.1. The molecule has 0 aliphatic heterocycles. The highest BCUT2D eigenvalue weighted by molar-refractivity contribution is 14.1. The van der Waals surface area contributed by atoms with Crippen LogP contribution in [0.4, 0.5) is 0 Å². The third-order valence-corrected chi connectivity index (χ3v) is 7.59. The maximum absolute atomic E-state index is 2.58. The monoisotopic (exact) mass is 480 g/mol. The summed E-state index contributed by atoms with van der Waals surface area (Å²) in [6, 6.07) is 13.5. The van der Waals surface area contributed by atoms with E-state index in [-0.39, 0.29) is 10.8 Å². The average molecular weight is 480 g/mol. The molecule has 2 aromatic carbocycles. The van der Waals surface area contributed by atoms with E-state index in [1.54, 1.807) is 0 Å². The lowest BCUT2D eigenvalue weighted by molar-refractivity contribution is 0.534. The minimum absolute atomic E-state index is 0.0181. The van der Waals surface area contributed by atoms with E-state index in [9.17, 15) is 0 Å². The van der Waals surface area contributed by atoms with Crippen molar-refractivity contribution in [2.24, 2.45) is 5.41 Å². The smallest absolute Gasteiger partial charge is 0.0208 e. The Hall–Kier alpha value is -1.61. The molecule has 0 nitrogen and oxygen atoms in total. The summed E-state index contributed by atoms with van der Waals surface area (Å²) < 4.78 is 1.32. The van der Waals surface area contributed by atoms with Crippen LogP contribution in [-0.4, -0.2) is 0 Å². The molecule has 0 spiro atoms. The Morgan fingerprint density at radius 2 is 1.75 bits per heavy atom. The van der Waals surface area contributed by atoms with Gasteiger partial charge in [0.05, 0.1) is 0 Å². The fourth-order valence-corrected chi connectivity index (χ4v) is 5.68. The Bertz CT molecular complexity index is 1070. The second kappa shape index (κ2) is 7.02. The van der Waals surface area contributed by atoms with Crippen LogP contribution in [0.5, 0.6) is 0 Å². The number of hydrogen-bond acceptors (Lipinski definition) is 0. The summed E-state index contributed by atoms with van der Waals surface area (Å²) in [6.07, 6.45) is 11.9. The third kappa shape index (κ3) is 2.94. The fraction of sp³-hybridized carbons (Fsp3) is 0.333. The zero-order valence-electron chi connectivity index (χ0n) is 17.6. The summed E-state index contributed by atoms with van der Waals surface area (Å²) in [6.45, 7) is 11.7. The zero-order valence-corrected chi connectivity index (χ0v) is 19.7. The van der Waals surface area contributed by atoms with Gasteiger partial charge in [0.25, 0.3) is 0 Å². The largest absolute Gasteiger partial charge is 0.0845 e. The van der Waals surface area contributed by atoms with E-state index in [0.717, 1.165) is 12.8 Å². The van der Waals surface area contributed by atoms with Crippen LogP contribution in [0.15, 0.2) is 83.0 Å². The van der Waals surface area contributed by atoms with E-state index >= 15 is 0 Å². The molecule has 0 saturated heterocycles. The number of halogens is 1. The van der Waals surface area contributed by atoms with Gasteiger partial charge < -0.3 is 0 Å². The predicted molar refractivity (Wildman–Crippen MR) is 131 cm³/mol. The van der Waals surface area contributed by atoms with Gasteiger partial charge in [0.1, 0.15) is 0 Å². The standard InChI is InChI=1S/C27H29I/c1-6-7-12-22-18(2)19-15-16-27(5,17-24(19)26(22,3)4)23-13-14-25(28)21-11-9-8-10-20(21)23/h7-15,17H,6,16H2,1-5H3/b12-7-. The highest BCUT2D eigenvalue weighted by Crippen LogP contribution is 2.55. The maximum Gasteiger partial charge on any atom is 0.0208 e. The van der Waals surface area contributed by atoms with Crippen LogP contribution >= 0.6 is 22.6 Å². The van der Waals surface area contributed by atoms with Crippen LogP contribution in [-0.2, 0) is 5.41 Å². The van der Waals surface area contributed by atoms with Crippen LogP contribution in [0, 0.1) is 8.99 Å². The fourth-order valence-electron chi connectivity index (χ4n) is 5.03. The van der Waals surface area contributed by atoms with Crippen molar-refractivity contribution in [3.8, 4) is 0 Å². The lowest BCUT2D eigenvalue weighted by atomic mass is 9.68. The van der Waals surface area contributed by atoms with Gasteiger partial charge in [0.15, 0.2) is 0 Å². The van der Waals surface area contributed by atoms with Crippen molar-refractivity contribution in [3.63, 3.8) is 0 Å². The normalized spacial score (nSPS) is 23.9. The van der Waals surface area contributed by atoms with Crippen LogP contribution in [0.1, 0.15) is 53.0 Å². The van der Waals surface area contributed by atoms with Crippen LogP contribution < -0.4 is 0 Å². The molecular weight excluding hydrogens is 451 g/mol. The molecule has 0 fully saturated rings. The van der Waals surface area contributed by atoms with Gasteiger partial charge in [-0.1, -0.05) is 82.3 Å². The van der Waals surface area contributed by atoms with Crippen molar-refractivity contribution in [1.82, 2.24) is 0 Å². The number of rotatable bonds is 3. The van der Waals surface area contributed by atoms with Crippen LogP contribution in [0.25, 0.3) is 10.8 Å². The lowest BCUT2D eigenvalue weighted by Crippen LogP contribution is -2.25. The Balaban J connectivity index is 1.87. The first-order valence-electron chi connectivity index (χ1n) is 10.3. The summed E-state index contributed by atoms with van der Waals surface area (Å²) in [4.78, 5) is 0. The van der Waals surface area contributed by atoms with Gasteiger partial charge in [-0.3, -0.25) is 0 Å². The third-order valence-electron chi connectivity index (χ3n) is 6.64. The minimum Gasteiger partial charge on any atom is -0.0845 e. The van der Waals surface area contributed by atoms with Crippen LogP contribution in [0.3, 0.4) is 0 Å². The van der Waals surface area contributed by atoms with Crippen molar-refractivity contribution < 1.29 is 0 Å². The van der Waals surface area contributed by atoms with Crippen molar-refractivity contribution in [1.29, 1.82) is 0 Å². The molecular formula is C27H29I. The molecule has 2 aromatic rings. The van der Waals surface area contributed by atoms with E-state index < -0.39 is 0 Å². The summed E-state index contributed by atoms with van der Waals surface area (Å²) in [5.74, 6) is 0. The van der Waals surface area contributed by atoms with Gasteiger partial charge in [-0.2, -0.15) is 0 Å². The summed E-state index contributed by atoms with van der Waals surface area (Å²) >= 11 is 2.46. The van der Waals surface area contributed by atoms with Gasteiger partial charge in [-0.05, 0) is 87.1 Å². The average Bonchev–Trinajstić information content (AvgIpc) is 2.86. The van der Waals surface area contributed by atoms with Gasteiger partial charge >= 0.3 is 0 Å². The molecule has 144 valence electrons. The molecule has 4 rings (SSSR count). The molecule has 1 atom stereocenters. The number of benzene rings is 2. The van der Waals surface area contributed by atoms with Crippen molar-refractivity contribution in [2.75, 3.05) is 0 Å². The highest BCUT2D eigenvalue weighted by atomic mass is 127. The summed E-state index contributed by atoms with van der Waals surface area (Å²) in [7, 11) is 0. The Labute approximate surface area is 183 Å². The molecule has 0 heterocycles. The first-order valence-corrected chi connectivity index (χ1v) is 11.4. The zero-order chi connectivity index (χ0) is 20.1. The lowest BCUT2D eigenvalue weighted by Gasteiger charge is -2.35. The van der Waals surface area contributed by atoms with Gasteiger partial charge in [-0.15, -0.1) is 0 Å². The van der Waals surface area contributed by atoms with Gasteiger partial charge in [-0.25, -0.2) is 0 Å². The molecule has 1 unspecified atom stereocenters. The maximum atomic E-state index is 2.58. The molecule has 0 radical (unpaired) electrons. The molecule has 28 heavy (non-hydrogen) atoms. The van der Waals surface area contributed by atoms with E-state index in [2.05, 4.69) is 118 Å². The molecule has 0 amide bonds. The number of fused-ring (bicyclic) bond motifs is 2. The SMILES string of the molecule is CC/C=C\C1=C(C)C2=CCC(C)(c3ccc(I)c4ccccc34)C=C2C1(C)C. The molecule has 0 N–H and O–H groups in total. The molecule has 1 heteroatoms. The molecule has 0 aromatic heterocycles. The molecule has 2 aliphatic carbocycles. The molecule has 0 saturated carbocycles. The van der Waals surface area contributed by atoms with Gasteiger partial charge in [0.2, 0.25) is 0 Å². The highest BCUT2D eigenvalue weighted by Gasteiger charge is 2.42. The number of hydrogen-bond donors (Lipinski definition) is 0. The summed E-state index contributed by atoms with van der Waals surface area (Å²) in [5.41, 5.74) is 7.41. The van der Waals surface area contributed by atoms with E-state index in [4.69, 9.17) is 0 Å². The van der Waals surface area contributed by atoms with E-state index in [1.165, 1.54) is 42.2 Å². The Morgan fingerprint density at radius 3 is 2.46 bits per heavy atom. The van der Waals surface area contributed by atoms with Crippen molar-refractivity contribution in [2.45, 2.75) is 52.9 Å². The first kappa shape index (κ1) is 19.7. The molecule has 2 aliphatic rings. The topological polar surface area (TPSA) is 0 Å². The van der Waals surface area contributed by atoms with Crippen molar-refractivity contribution in [3.05, 3.63) is 92.1 Å². The van der Waals surface area contributed by atoms with Crippen LogP contribution in [0.2, 0.25) is 0 Å². The van der Waals surface area contributed by atoms with E-state index in [1.807, 2.05) is 0 Å². The quantitative estimate of drug-likeness (QED) is 0.388. The minimum atomic E-state index is 0.0181.